The summed E-state index contributed by atoms with van der Waals surface area (Å²) < 4.78 is 0. The highest BCUT2D eigenvalue weighted by molar-refractivity contribution is 7.99. The highest BCUT2D eigenvalue weighted by atomic mass is 32.2. The zero-order valence-electron chi connectivity index (χ0n) is 10.4. The maximum Gasteiger partial charge on any atom is 0.324 e. The summed E-state index contributed by atoms with van der Waals surface area (Å²) in [4.78, 5) is 10.3. The van der Waals surface area contributed by atoms with E-state index in [0.717, 1.165) is 17.9 Å². The zero-order valence-corrected chi connectivity index (χ0v) is 12.1. The molecule has 0 spiro atoms. The smallest absolute Gasteiger partial charge is 0.309 e. The fourth-order valence-electron chi connectivity index (χ4n) is 2.37. The highest BCUT2D eigenvalue weighted by Crippen LogP contribution is 2.30. The first-order valence-corrected chi connectivity index (χ1v) is 8.20. The van der Waals surface area contributed by atoms with Gasteiger partial charge in [0.25, 0.3) is 0 Å². The van der Waals surface area contributed by atoms with Crippen LogP contribution < -0.4 is 5.32 Å². The van der Waals surface area contributed by atoms with Gasteiger partial charge in [-0.3, -0.25) is 10.1 Å². The molecule has 6 heteroatoms. The van der Waals surface area contributed by atoms with Gasteiger partial charge in [-0.05, 0) is 24.2 Å². The van der Waals surface area contributed by atoms with Crippen LogP contribution in [0.1, 0.15) is 31.7 Å². The SMILES string of the molecule is CCSC1CCCC1NCc1csc([N+](=O)[O-])c1. The van der Waals surface area contributed by atoms with E-state index in [1.807, 2.05) is 17.1 Å². The van der Waals surface area contributed by atoms with Crippen LogP contribution in [0.2, 0.25) is 0 Å². The number of nitro groups is 1. The van der Waals surface area contributed by atoms with Gasteiger partial charge in [-0.25, -0.2) is 0 Å². The predicted molar refractivity (Wildman–Crippen MR) is 77.4 cm³/mol. The molecule has 1 N–H and O–H groups in total. The van der Waals surface area contributed by atoms with Gasteiger partial charge in [0.1, 0.15) is 0 Å². The van der Waals surface area contributed by atoms with Crippen molar-refractivity contribution in [1.29, 1.82) is 0 Å². The van der Waals surface area contributed by atoms with Crippen LogP contribution in [-0.2, 0) is 6.54 Å². The molecular formula is C12H18N2O2S2. The predicted octanol–water partition coefficient (Wildman–Crippen LogP) is 3.42. The van der Waals surface area contributed by atoms with Crippen molar-refractivity contribution in [2.24, 2.45) is 0 Å². The van der Waals surface area contributed by atoms with Crippen molar-refractivity contribution in [3.8, 4) is 0 Å². The minimum atomic E-state index is -0.320. The molecule has 2 rings (SSSR count). The summed E-state index contributed by atoms with van der Waals surface area (Å²) in [7, 11) is 0. The molecule has 1 fully saturated rings. The lowest BCUT2D eigenvalue weighted by molar-refractivity contribution is -0.380. The molecular weight excluding hydrogens is 268 g/mol. The first kappa shape index (κ1) is 13.8. The minimum Gasteiger partial charge on any atom is -0.309 e. The summed E-state index contributed by atoms with van der Waals surface area (Å²) in [5.41, 5.74) is 1.03. The maximum atomic E-state index is 10.6. The quantitative estimate of drug-likeness (QED) is 0.643. The normalized spacial score (nSPS) is 23.4. The molecule has 0 radical (unpaired) electrons. The number of thioether (sulfide) groups is 1. The number of hydrogen-bond donors (Lipinski definition) is 1. The fourth-order valence-corrected chi connectivity index (χ4v) is 4.33. The Hall–Kier alpha value is -0.590. The molecule has 0 bridgehead atoms. The molecule has 0 aromatic carbocycles. The van der Waals surface area contributed by atoms with Crippen LogP contribution >= 0.6 is 23.1 Å². The van der Waals surface area contributed by atoms with E-state index in [0.29, 0.717) is 11.3 Å². The third-order valence-electron chi connectivity index (χ3n) is 3.22. The van der Waals surface area contributed by atoms with Crippen molar-refractivity contribution in [1.82, 2.24) is 5.32 Å². The molecule has 100 valence electrons. The van der Waals surface area contributed by atoms with E-state index in [4.69, 9.17) is 0 Å². The first-order valence-electron chi connectivity index (χ1n) is 6.27. The Bertz CT molecular complexity index is 409. The molecule has 2 unspecified atom stereocenters. The molecule has 0 saturated heterocycles. The lowest BCUT2D eigenvalue weighted by Crippen LogP contribution is -2.33. The van der Waals surface area contributed by atoms with Crippen LogP contribution in [0.4, 0.5) is 5.00 Å². The Kier molecular flexibility index (Phi) is 5.03. The van der Waals surface area contributed by atoms with Crippen LogP contribution in [-0.4, -0.2) is 22.0 Å². The number of hydrogen-bond acceptors (Lipinski definition) is 5. The van der Waals surface area contributed by atoms with E-state index in [1.54, 1.807) is 6.07 Å². The summed E-state index contributed by atoms with van der Waals surface area (Å²) >= 11 is 3.23. The number of thiophene rings is 1. The van der Waals surface area contributed by atoms with Gasteiger partial charge in [0.05, 0.1) is 4.92 Å². The summed E-state index contributed by atoms with van der Waals surface area (Å²) in [5.74, 6) is 1.16. The molecule has 1 aromatic heterocycles. The lowest BCUT2D eigenvalue weighted by Gasteiger charge is -2.19. The van der Waals surface area contributed by atoms with Crippen molar-refractivity contribution in [2.75, 3.05) is 5.75 Å². The molecule has 18 heavy (non-hydrogen) atoms. The van der Waals surface area contributed by atoms with Crippen LogP contribution in [0.25, 0.3) is 0 Å². The topological polar surface area (TPSA) is 55.2 Å². The second-order valence-corrected chi connectivity index (χ2v) is 6.87. The van der Waals surface area contributed by atoms with Crippen LogP contribution in [0, 0.1) is 10.1 Å². The van der Waals surface area contributed by atoms with Crippen LogP contribution in [0.3, 0.4) is 0 Å². The van der Waals surface area contributed by atoms with Gasteiger partial charge in [0, 0.05) is 29.3 Å². The van der Waals surface area contributed by atoms with E-state index in [9.17, 15) is 10.1 Å². The van der Waals surface area contributed by atoms with Gasteiger partial charge in [-0.1, -0.05) is 24.7 Å². The molecule has 1 saturated carbocycles. The van der Waals surface area contributed by atoms with Crippen molar-refractivity contribution >= 4 is 28.1 Å². The molecule has 1 heterocycles. The molecule has 0 aliphatic heterocycles. The minimum absolute atomic E-state index is 0.234. The van der Waals surface area contributed by atoms with Crippen molar-refractivity contribution < 1.29 is 4.92 Å². The third-order valence-corrected chi connectivity index (χ3v) is 5.48. The fraction of sp³-hybridized carbons (Fsp3) is 0.667. The van der Waals surface area contributed by atoms with Gasteiger partial charge >= 0.3 is 5.00 Å². The average molecular weight is 286 g/mol. The van der Waals surface area contributed by atoms with Crippen LogP contribution in [0.15, 0.2) is 11.4 Å². The summed E-state index contributed by atoms with van der Waals surface area (Å²) in [6, 6.07) is 2.24. The van der Waals surface area contributed by atoms with E-state index >= 15 is 0 Å². The van der Waals surface area contributed by atoms with Crippen molar-refractivity contribution in [2.45, 2.75) is 44.0 Å². The van der Waals surface area contributed by atoms with Gasteiger partial charge in [0.15, 0.2) is 0 Å². The summed E-state index contributed by atoms with van der Waals surface area (Å²) in [5, 5.41) is 17.0. The van der Waals surface area contributed by atoms with Gasteiger partial charge in [0.2, 0.25) is 0 Å². The zero-order chi connectivity index (χ0) is 13.0. The van der Waals surface area contributed by atoms with Crippen molar-refractivity contribution in [3.05, 3.63) is 27.1 Å². The lowest BCUT2D eigenvalue weighted by atomic mass is 10.2. The maximum absolute atomic E-state index is 10.6. The number of nitrogens with zero attached hydrogens (tertiary/aromatic N) is 1. The number of rotatable bonds is 6. The van der Waals surface area contributed by atoms with Gasteiger partial charge in [-0.2, -0.15) is 11.8 Å². The van der Waals surface area contributed by atoms with Gasteiger partial charge < -0.3 is 5.32 Å². The van der Waals surface area contributed by atoms with Crippen molar-refractivity contribution in [3.63, 3.8) is 0 Å². The molecule has 1 aromatic rings. The number of nitrogens with one attached hydrogen (secondary N) is 1. The second kappa shape index (κ2) is 6.54. The Balaban J connectivity index is 1.84. The summed E-state index contributed by atoms with van der Waals surface area (Å²) in [6.45, 7) is 2.94. The molecule has 2 atom stereocenters. The molecule has 4 nitrogen and oxygen atoms in total. The van der Waals surface area contributed by atoms with E-state index in [1.165, 1.54) is 30.6 Å². The monoisotopic (exact) mass is 286 g/mol. The second-order valence-electron chi connectivity index (χ2n) is 4.46. The first-order chi connectivity index (χ1) is 8.70. The summed E-state index contributed by atoms with van der Waals surface area (Å²) in [6.07, 6.45) is 3.81. The Morgan fingerprint density at radius 3 is 3.11 bits per heavy atom. The van der Waals surface area contributed by atoms with E-state index < -0.39 is 0 Å². The Morgan fingerprint density at radius 1 is 1.61 bits per heavy atom. The van der Waals surface area contributed by atoms with Gasteiger partial charge in [-0.15, -0.1) is 0 Å². The molecule has 0 amide bonds. The highest BCUT2D eigenvalue weighted by Gasteiger charge is 2.26. The third kappa shape index (κ3) is 3.46. The standard InChI is InChI=1S/C12H18N2O2S2/c1-2-17-11-5-3-4-10(11)13-7-9-6-12(14(15)16)18-8-9/h6,8,10-11,13H,2-5,7H2,1H3. The average Bonchev–Trinajstić information content (AvgIpc) is 2.95. The van der Waals surface area contributed by atoms with E-state index in [-0.39, 0.29) is 9.92 Å². The Labute approximate surface area is 115 Å². The van der Waals surface area contributed by atoms with Crippen LogP contribution in [0.5, 0.6) is 0 Å². The molecule has 1 aliphatic rings. The molecule has 1 aliphatic carbocycles. The van der Waals surface area contributed by atoms with E-state index in [2.05, 4.69) is 12.2 Å². The Morgan fingerprint density at radius 2 is 2.44 bits per heavy atom. The largest absolute Gasteiger partial charge is 0.324 e.